The van der Waals surface area contributed by atoms with E-state index in [1.54, 1.807) is 22.7 Å². The second-order valence-electron chi connectivity index (χ2n) is 5.74. The number of para-hydroxylation sites is 1. The van der Waals surface area contributed by atoms with Crippen molar-refractivity contribution in [1.82, 2.24) is 9.38 Å². The van der Waals surface area contributed by atoms with Crippen LogP contribution in [0, 0.1) is 0 Å². The lowest BCUT2D eigenvalue weighted by molar-refractivity contribution is 0.111. The van der Waals surface area contributed by atoms with Gasteiger partial charge in [0.15, 0.2) is 12.1 Å². The molecule has 1 fully saturated rings. The number of fused-ring (bicyclic) bond motifs is 1. The molecule has 0 radical (unpaired) electrons. The summed E-state index contributed by atoms with van der Waals surface area (Å²) in [6.45, 7) is -0.558. The predicted molar refractivity (Wildman–Crippen MR) is 95.7 cm³/mol. The molecule has 1 aliphatic carbocycles. The van der Waals surface area contributed by atoms with Gasteiger partial charge in [0.1, 0.15) is 30.4 Å². The molecular formula is C19H20FN3O2. The highest BCUT2D eigenvalue weighted by molar-refractivity contribution is 5.83. The van der Waals surface area contributed by atoms with Crippen molar-refractivity contribution in [1.29, 1.82) is 0 Å². The van der Waals surface area contributed by atoms with Crippen LogP contribution in [0.5, 0.6) is 5.75 Å². The zero-order chi connectivity index (χ0) is 17.6. The number of rotatable bonds is 5. The van der Waals surface area contributed by atoms with Gasteiger partial charge in [-0.1, -0.05) is 37.5 Å². The molecule has 0 spiro atoms. The minimum absolute atomic E-state index is 0.00311. The Morgan fingerprint density at radius 2 is 1.96 bits per heavy atom. The number of nitrogens with two attached hydrogens (primary N) is 1. The van der Waals surface area contributed by atoms with Gasteiger partial charge in [-0.05, 0) is 18.2 Å². The highest BCUT2D eigenvalue weighted by Crippen LogP contribution is 2.30. The summed E-state index contributed by atoms with van der Waals surface area (Å²) in [5.74, 6) is 0.773. The van der Waals surface area contributed by atoms with Crippen molar-refractivity contribution in [2.45, 2.75) is 19.3 Å². The smallest absolute Gasteiger partial charge is 0.170 e. The molecule has 4 rings (SSSR count). The number of halogens is 1. The third kappa shape index (κ3) is 3.96. The lowest BCUT2D eigenvalue weighted by Gasteiger charge is -2.11. The Morgan fingerprint density at radius 3 is 2.64 bits per heavy atom. The fraction of sp³-hybridized carbons (Fsp3) is 0.263. The van der Waals surface area contributed by atoms with E-state index in [2.05, 4.69) is 4.98 Å². The first-order valence-electron chi connectivity index (χ1n) is 8.25. The largest absolute Gasteiger partial charge is 0.490 e. The number of benzene rings is 1. The van der Waals surface area contributed by atoms with Gasteiger partial charge in [0, 0.05) is 17.3 Å². The third-order valence-electron chi connectivity index (χ3n) is 3.68. The Kier molecular flexibility index (Phi) is 5.28. The van der Waals surface area contributed by atoms with Gasteiger partial charge in [0.05, 0.1) is 0 Å². The molecule has 5 nitrogen and oxygen atoms in total. The summed E-state index contributed by atoms with van der Waals surface area (Å²) in [5.41, 5.74) is 8.24. The molecule has 3 aromatic rings. The van der Waals surface area contributed by atoms with E-state index >= 15 is 0 Å². The number of hydrogen-bond acceptors (Lipinski definition) is 4. The molecule has 0 bridgehead atoms. The number of nitrogen functional groups attached to an aromatic ring is 1. The van der Waals surface area contributed by atoms with Crippen LogP contribution in [0.25, 0.3) is 16.8 Å². The number of hydrogen-bond donors (Lipinski definition) is 1. The van der Waals surface area contributed by atoms with Crippen LogP contribution in [0.3, 0.4) is 0 Å². The van der Waals surface area contributed by atoms with Crippen LogP contribution in [0.2, 0.25) is 0 Å². The maximum atomic E-state index is 12.3. The van der Waals surface area contributed by atoms with Crippen LogP contribution in [0.1, 0.15) is 29.8 Å². The number of aromatic nitrogens is 2. The van der Waals surface area contributed by atoms with Gasteiger partial charge in [-0.15, -0.1) is 0 Å². The second-order valence-corrected chi connectivity index (χ2v) is 5.74. The summed E-state index contributed by atoms with van der Waals surface area (Å²) in [4.78, 5) is 15.3. The van der Waals surface area contributed by atoms with Crippen molar-refractivity contribution in [3.8, 4) is 16.9 Å². The number of anilines is 1. The zero-order valence-electron chi connectivity index (χ0n) is 13.8. The third-order valence-corrected chi connectivity index (χ3v) is 3.68. The fourth-order valence-corrected chi connectivity index (χ4v) is 2.34. The monoisotopic (exact) mass is 341 g/mol. The highest BCUT2D eigenvalue weighted by atomic mass is 19.1. The second kappa shape index (κ2) is 7.79. The van der Waals surface area contributed by atoms with E-state index in [1.165, 1.54) is 19.3 Å². The first kappa shape index (κ1) is 17.0. The van der Waals surface area contributed by atoms with Gasteiger partial charge < -0.3 is 10.5 Å². The van der Waals surface area contributed by atoms with Crippen LogP contribution in [0.4, 0.5) is 10.2 Å². The SMILES string of the molecule is C1CC1.Nc1nc2ccc(-c3ccccc3OCCF)cn2c1C=O. The quantitative estimate of drug-likeness (QED) is 0.714. The number of nitrogens with zero attached hydrogens (tertiary/aromatic N) is 2. The lowest BCUT2D eigenvalue weighted by Crippen LogP contribution is -2.00. The molecule has 2 N–H and O–H groups in total. The first-order chi connectivity index (χ1) is 12.2. The average Bonchev–Trinajstić information content (AvgIpc) is 3.48. The van der Waals surface area contributed by atoms with E-state index in [9.17, 15) is 9.18 Å². The highest BCUT2D eigenvalue weighted by Gasteiger charge is 2.11. The predicted octanol–water partition coefficient (Wildman–Crippen LogP) is 3.91. The van der Waals surface area contributed by atoms with Gasteiger partial charge in [0.2, 0.25) is 0 Å². The van der Waals surface area contributed by atoms with E-state index in [4.69, 9.17) is 10.5 Å². The Hall–Kier alpha value is -2.89. The van der Waals surface area contributed by atoms with Crippen molar-refractivity contribution in [3.05, 3.63) is 48.3 Å². The van der Waals surface area contributed by atoms with E-state index in [0.717, 1.165) is 11.1 Å². The van der Waals surface area contributed by atoms with Gasteiger partial charge in [0.25, 0.3) is 0 Å². The molecule has 0 amide bonds. The number of carbonyl (C=O) groups is 1. The molecule has 2 heterocycles. The van der Waals surface area contributed by atoms with Gasteiger partial charge in [-0.3, -0.25) is 9.20 Å². The number of carbonyl (C=O) groups excluding carboxylic acids is 1. The van der Waals surface area contributed by atoms with Crippen LogP contribution >= 0.6 is 0 Å². The number of imidazole rings is 1. The number of alkyl halides is 1. The summed E-state index contributed by atoms with van der Waals surface area (Å²) < 4.78 is 19.4. The molecule has 0 saturated heterocycles. The molecule has 25 heavy (non-hydrogen) atoms. The van der Waals surface area contributed by atoms with Crippen molar-refractivity contribution in [2.75, 3.05) is 19.0 Å². The summed E-state index contributed by atoms with van der Waals surface area (Å²) in [5, 5.41) is 0. The number of pyridine rings is 1. The minimum atomic E-state index is -0.555. The molecule has 130 valence electrons. The van der Waals surface area contributed by atoms with Crippen LogP contribution < -0.4 is 10.5 Å². The number of aldehydes is 1. The van der Waals surface area contributed by atoms with Crippen molar-refractivity contribution >= 4 is 17.8 Å². The molecule has 0 unspecified atom stereocenters. The van der Waals surface area contributed by atoms with Crippen LogP contribution in [-0.4, -0.2) is 29.0 Å². The lowest BCUT2D eigenvalue weighted by atomic mass is 10.1. The van der Waals surface area contributed by atoms with Crippen molar-refractivity contribution < 1.29 is 13.9 Å². The molecule has 2 aromatic heterocycles. The summed E-state index contributed by atoms with van der Waals surface area (Å²) >= 11 is 0. The maximum Gasteiger partial charge on any atom is 0.170 e. The molecule has 1 saturated carbocycles. The summed E-state index contributed by atoms with van der Waals surface area (Å²) in [6, 6.07) is 11.0. The minimum Gasteiger partial charge on any atom is -0.490 e. The van der Waals surface area contributed by atoms with Gasteiger partial charge in [-0.2, -0.15) is 0 Å². The normalized spacial score (nSPS) is 12.4. The maximum absolute atomic E-state index is 12.3. The van der Waals surface area contributed by atoms with Crippen LogP contribution in [0.15, 0.2) is 42.6 Å². The molecule has 0 aliphatic heterocycles. The first-order valence-corrected chi connectivity index (χ1v) is 8.25. The topological polar surface area (TPSA) is 69.6 Å². The van der Waals surface area contributed by atoms with Crippen molar-refractivity contribution in [3.63, 3.8) is 0 Å². The Labute approximate surface area is 145 Å². The van der Waals surface area contributed by atoms with E-state index < -0.39 is 6.67 Å². The fourth-order valence-electron chi connectivity index (χ4n) is 2.34. The van der Waals surface area contributed by atoms with E-state index in [1.807, 2.05) is 24.3 Å². The van der Waals surface area contributed by atoms with Gasteiger partial charge in [-0.25, -0.2) is 9.37 Å². The Bertz CT molecular complexity index is 871. The average molecular weight is 341 g/mol. The Morgan fingerprint density at radius 1 is 1.20 bits per heavy atom. The number of ether oxygens (including phenoxy) is 1. The molecule has 1 aliphatic rings. The van der Waals surface area contributed by atoms with E-state index in [-0.39, 0.29) is 12.4 Å². The summed E-state index contributed by atoms with van der Waals surface area (Å²) in [6.07, 6.45) is 6.94. The molecule has 1 aromatic carbocycles. The van der Waals surface area contributed by atoms with Crippen LogP contribution in [-0.2, 0) is 0 Å². The zero-order valence-corrected chi connectivity index (χ0v) is 13.8. The molecule has 0 atom stereocenters. The molecular weight excluding hydrogens is 321 g/mol. The van der Waals surface area contributed by atoms with Gasteiger partial charge >= 0.3 is 0 Å². The molecule has 6 heteroatoms. The van der Waals surface area contributed by atoms with E-state index in [0.29, 0.717) is 23.4 Å². The van der Waals surface area contributed by atoms with Crippen molar-refractivity contribution in [2.24, 2.45) is 0 Å². The standard InChI is InChI=1S/C16H14FN3O2.C3H6/c17-7-8-22-14-4-2-1-3-12(14)11-5-6-15-19-16(18)13(10-21)20(15)9-11;1-2-3-1/h1-6,9-10H,7-8,18H2;1-3H2. The Balaban J connectivity index is 0.000000549. The summed E-state index contributed by atoms with van der Waals surface area (Å²) in [7, 11) is 0.